The summed E-state index contributed by atoms with van der Waals surface area (Å²) < 4.78 is 5.44. The monoisotopic (exact) mass is 1320 g/mol. The lowest BCUT2D eigenvalue weighted by molar-refractivity contribution is -0.114. The summed E-state index contributed by atoms with van der Waals surface area (Å²) in [6, 6.07) is 30.1. The molecule has 0 amide bonds. The number of hydrogen-bond acceptors (Lipinski definition) is 19. The minimum Gasteiger partial charge on any atom is -0.399 e. The zero-order chi connectivity index (χ0) is 66.9. The van der Waals surface area contributed by atoms with Gasteiger partial charge in [-0.2, -0.15) is 28.8 Å². The smallest absolute Gasteiger partial charge is 0.244 e. The minimum atomic E-state index is -0.509. The largest absolute Gasteiger partial charge is 0.399 e. The van der Waals surface area contributed by atoms with E-state index in [1.807, 2.05) is 106 Å². The van der Waals surface area contributed by atoms with Gasteiger partial charge in [-0.1, -0.05) is 76.2 Å². The number of carbonyl (C=O) groups is 2. The van der Waals surface area contributed by atoms with Crippen molar-refractivity contribution in [3.8, 4) is 0 Å². The molecule has 22 nitrogen and oxygen atoms in total. The number of aryl methyl sites for hydroxylation is 3. The number of aromatic nitrogens is 9. The van der Waals surface area contributed by atoms with Gasteiger partial charge in [0, 0.05) is 121 Å². The number of rotatable bonds is 21. The predicted molar refractivity (Wildman–Crippen MR) is 381 cm³/mol. The molecule has 0 aliphatic carbocycles. The third kappa shape index (κ3) is 19.7. The van der Waals surface area contributed by atoms with Gasteiger partial charge in [0.2, 0.25) is 5.24 Å². The number of allylic oxidation sites excluding steroid dienone is 2. The van der Waals surface area contributed by atoms with Crippen LogP contribution in [-0.4, -0.2) is 128 Å². The van der Waals surface area contributed by atoms with E-state index in [1.54, 1.807) is 10.6 Å². The Labute approximate surface area is 560 Å². The number of aliphatic hydroxyl groups excluding tert-OH is 3. The fourth-order valence-electron chi connectivity index (χ4n) is 11.8. The first-order chi connectivity index (χ1) is 45.7. The molecule has 3 saturated heterocycles. The van der Waals surface area contributed by atoms with Crippen LogP contribution in [0.5, 0.6) is 0 Å². The number of nitrogens with two attached hydrogens (primary N) is 2. The van der Waals surface area contributed by atoms with Gasteiger partial charge in [0.1, 0.15) is 34.2 Å². The van der Waals surface area contributed by atoms with E-state index in [1.165, 1.54) is 38.2 Å². The molecule has 6 aromatic heterocycles. The van der Waals surface area contributed by atoms with Crippen molar-refractivity contribution < 1.29 is 24.9 Å². The van der Waals surface area contributed by atoms with Crippen LogP contribution in [0.4, 0.5) is 57.5 Å². The first-order valence-electron chi connectivity index (χ1n) is 32.7. The number of piperidine rings is 3. The maximum atomic E-state index is 11.8. The normalized spacial score (nSPS) is 16.1. The second-order valence-electron chi connectivity index (χ2n) is 23.3. The molecule has 94 heavy (non-hydrogen) atoms. The van der Waals surface area contributed by atoms with Gasteiger partial charge < -0.3 is 57.9 Å². The molecule has 0 radical (unpaired) electrons. The average molecular weight is 1320 g/mol. The van der Waals surface area contributed by atoms with Crippen LogP contribution in [0.1, 0.15) is 120 Å². The fraction of sp³-hybridized carbons (Fsp3) is 0.400. The summed E-state index contributed by atoms with van der Waals surface area (Å²) in [4.78, 5) is 40.2. The Morgan fingerprint density at radius 1 is 0.585 bits per heavy atom. The van der Waals surface area contributed by atoms with Gasteiger partial charge in [-0.3, -0.25) is 9.59 Å². The molecule has 12 rings (SSSR count). The molecule has 3 atom stereocenters. The lowest BCUT2D eigenvalue weighted by Crippen LogP contribution is -2.40. The van der Waals surface area contributed by atoms with E-state index in [0.29, 0.717) is 41.6 Å². The summed E-state index contributed by atoms with van der Waals surface area (Å²) in [7, 11) is 0. The second-order valence-corrected chi connectivity index (χ2v) is 24.1. The standard InChI is InChI=1S/C25H31N5O2.C21H28N6O.C14H14ClN5.C7H15NO.C3H3ClO/c1-3-19-17-26-30-24(27-20-9-7-8-18(14-20)15-22(32)4-2)16-23(28-25(19)30)29-12-6-5-10-21(29)11-13-31;1-2-15-14-23-27-20(24-17-7-5-6-16(22)12-17)13-19(25-21(15)27)26-10-4-3-8-18(26)9-11-28;1-2-9-8-17-20-13(7-12(15)19-14(9)20)18-11-5-3-4-10(16)6-11;9-6-4-7-3-1-2-5-8-7;1-2-3(4)5/h4,7-9,14,16-17,21,27,31H,2-3,5-6,10-13,15H2,1H3;5-7,12-14,18,24,28H,2-4,8-11,22H2,1H3;3-8,18H,2,16H2,1H3;7-9H,1-6H2;2H,1H2/t21-;18-;;7-;/m11.1./s1. The third-order valence-electron chi connectivity index (χ3n) is 16.7. The number of halogens is 2. The Bertz CT molecular complexity index is 3920. The van der Waals surface area contributed by atoms with Gasteiger partial charge >= 0.3 is 0 Å². The van der Waals surface area contributed by atoms with Crippen LogP contribution in [0, 0.1) is 0 Å². The Balaban J connectivity index is 0.000000166. The molecule has 0 spiro atoms. The number of ketones is 1. The van der Waals surface area contributed by atoms with E-state index in [9.17, 15) is 19.8 Å². The lowest BCUT2D eigenvalue weighted by Gasteiger charge is -2.36. The predicted octanol–water partition coefficient (Wildman–Crippen LogP) is 12.2. The summed E-state index contributed by atoms with van der Waals surface area (Å²) in [6.07, 6.45) is 24.0. The molecule has 11 N–H and O–H groups in total. The van der Waals surface area contributed by atoms with E-state index in [2.05, 4.69) is 91.3 Å². The lowest BCUT2D eigenvalue weighted by atomic mass is 9.99. The summed E-state index contributed by atoms with van der Waals surface area (Å²) in [5.41, 5.74) is 22.5. The highest BCUT2D eigenvalue weighted by molar-refractivity contribution is 6.66. The van der Waals surface area contributed by atoms with Crippen molar-refractivity contribution in [1.29, 1.82) is 0 Å². The van der Waals surface area contributed by atoms with Crippen molar-refractivity contribution in [2.24, 2.45) is 0 Å². The number of fused-ring (bicyclic) bond motifs is 3. The molecule has 24 heteroatoms. The molecule has 9 heterocycles. The number of anilines is 10. The minimum absolute atomic E-state index is 0.00424. The van der Waals surface area contributed by atoms with E-state index in [4.69, 9.17) is 49.7 Å². The maximum absolute atomic E-state index is 11.8. The molecule has 500 valence electrons. The molecular formula is C70H91Cl2N17O5. The molecule has 3 aliphatic heterocycles. The molecule has 0 saturated carbocycles. The van der Waals surface area contributed by atoms with Crippen molar-refractivity contribution in [3.05, 3.63) is 162 Å². The highest BCUT2D eigenvalue weighted by Gasteiger charge is 2.27. The van der Waals surface area contributed by atoms with Crippen LogP contribution in [0.25, 0.3) is 16.9 Å². The summed E-state index contributed by atoms with van der Waals surface area (Å²) in [6.45, 7) is 16.7. The van der Waals surface area contributed by atoms with Gasteiger partial charge in [0.05, 0.1) is 18.6 Å². The second kappa shape index (κ2) is 36.1. The van der Waals surface area contributed by atoms with Gasteiger partial charge in [-0.15, -0.1) is 0 Å². The number of carbonyl (C=O) groups excluding carboxylic acids is 2. The van der Waals surface area contributed by atoms with Crippen molar-refractivity contribution >= 4 is 109 Å². The Kier molecular flexibility index (Phi) is 27.4. The average Bonchev–Trinajstić information content (AvgIpc) is 1.59. The third-order valence-corrected chi connectivity index (χ3v) is 17.0. The van der Waals surface area contributed by atoms with Crippen molar-refractivity contribution in [1.82, 2.24) is 49.1 Å². The van der Waals surface area contributed by atoms with E-state index >= 15 is 0 Å². The Morgan fingerprint density at radius 3 is 1.44 bits per heavy atom. The Hall–Kier alpha value is -8.64. The molecule has 9 aromatic rings. The quantitative estimate of drug-likeness (QED) is 0.0140. The fourth-order valence-corrected chi connectivity index (χ4v) is 12.0. The van der Waals surface area contributed by atoms with Crippen molar-refractivity contribution in [2.75, 3.05) is 76.7 Å². The van der Waals surface area contributed by atoms with Crippen LogP contribution in [-0.2, 0) is 35.3 Å². The van der Waals surface area contributed by atoms with Crippen LogP contribution in [0.3, 0.4) is 0 Å². The topological polar surface area (TPSA) is 292 Å². The number of aliphatic hydroxyl groups is 3. The zero-order valence-corrected chi connectivity index (χ0v) is 55.7. The van der Waals surface area contributed by atoms with E-state index < -0.39 is 5.24 Å². The van der Waals surface area contributed by atoms with Crippen LogP contribution < -0.4 is 42.5 Å². The maximum Gasteiger partial charge on any atom is 0.244 e. The number of nitrogen functional groups attached to an aromatic ring is 2. The summed E-state index contributed by atoms with van der Waals surface area (Å²) in [5.74, 6) is 4.28. The number of nitrogens with zero attached hydrogens (tertiary/aromatic N) is 11. The molecule has 3 aromatic carbocycles. The zero-order valence-electron chi connectivity index (χ0n) is 54.2. The Morgan fingerprint density at radius 2 is 1.02 bits per heavy atom. The van der Waals surface area contributed by atoms with Crippen molar-refractivity contribution in [2.45, 2.75) is 142 Å². The summed E-state index contributed by atoms with van der Waals surface area (Å²) in [5, 5.41) is 54.6. The molecule has 0 bridgehead atoms. The van der Waals surface area contributed by atoms with Crippen molar-refractivity contribution in [3.63, 3.8) is 0 Å². The van der Waals surface area contributed by atoms with Crippen LogP contribution >= 0.6 is 23.2 Å². The number of nitrogens with one attached hydrogen (secondary N) is 4. The van der Waals surface area contributed by atoms with Gasteiger partial charge in [-0.05, 0) is 174 Å². The van der Waals surface area contributed by atoms with Gasteiger partial charge in [-0.25, -0.2) is 15.0 Å². The van der Waals surface area contributed by atoms with E-state index in [0.717, 1.165) is 175 Å². The van der Waals surface area contributed by atoms with Crippen LogP contribution in [0.15, 0.2) is 135 Å². The van der Waals surface area contributed by atoms with E-state index in [-0.39, 0.29) is 25.0 Å². The highest BCUT2D eigenvalue weighted by atomic mass is 35.5. The number of hydrogen-bond donors (Lipinski definition) is 9. The first-order valence-corrected chi connectivity index (χ1v) is 33.4. The number of benzene rings is 3. The molecule has 0 unspecified atom stereocenters. The highest BCUT2D eigenvalue weighted by Crippen LogP contribution is 2.33. The first kappa shape index (κ1) is 71.2. The molecular weight excluding hydrogens is 1230 g/mol. The van der Waals surface area contributed by atoms with Crippen LogP contribution in [0.2, 0.25) is 5.15 Å². The van der Waals surface area contributed by atoms with Gasteiger partial charge in [0.25, 0.3) is 0 Å². The SMILES string of the molecule is C=CC(=O)Cc1cccc(Nc2cc(N3CCCC[C@@H]3CCO)nc3c(CC)cnn23)c1.C=CC(=O)Cl.CCc1cnn2c(Nc3cccc(N)c3)cc(Cl)nc12.CCc1cnn2c(Nc3cccc(N)c3)cc(N3CCCC[C@@H]3CCO)nc12.OCC[C@H]1CCCCN1. The van der Waals surface area contributed by atoms with Gasteiger partial charge in [0.15, 0.2) is 22.7 Å². The summed E-state index contributed by atoms with van der Waals surface area (Å²) >= 11 is 10.8. The molecule has 3 fully saturated rings. The molecule has 3 aliphatic rings.